The molecule has 0 aliphatic carbocycles. The molecule has 0 saturated carbocycles. The average molecular weight is 405 g/mol. The van der Waals surface area contributed by atoms with Crippen LogP contribution in [0.3, 0.4) is 0 Å². The minimum atomic E-state index is -0.369. The molecule has 27 heavy (non-hydrogen) atoms. The van der Waals surface area contributed by atoms with Crippen LogP contribution < -0.4 is 10.6 Å². The lowest BCUT2D eigenvalue weighted by atomic mass is 10.1. The third-order valence-electron chi connectivity index (χ3n) is 4.29. The summed E-state index contributed by atoms with van der Waals surface area (Å²) < 4.78 is 1.70. The van der Waals surface area contributed by atoms with Crippen molar-refractivity contribution in [1.29, 1.82) is 0 Å². The molecule has 1 aromatic heterocycles. The van der Waals surface area contributed by atoms with E-state index in [4.69, 9.17) is 0 Å². The fraction of sp³-hybridized carbons (Fsp3) is 0.300. The van der Waals surface area contributed by atoms with Gasteiger partial charge < -0.3 is 10.6 Å². The fourth-order valence-electron chi connectivity index (χ4n) is 2.99. The predicted octanol–water partition coefficient (Wildman–Crippen LogP) is 3.31. The summed E-state index contributed by atoms with van der Waals surface area (Å²) in [4.78, 5) is 12.4. The Bertz CT molecular complexity index is 878. The summed E-state index contributed by atoms with van der Waals surface area (Å²) in [5.41, 5.74) is 2.21. The zero-order valence-corrected chi connectivity index (χ0v) is 17.1. The fourth-order valence-corrected chi connectivity index (χ4v) is 3.85. The number of amides is 1. The molecule has 3 aromatic rings. The number of aryl methyl sites for hydroxylation is 1. The second-order valence-electron chi connectivity index (χ2n) is 6.15. The van der Waals surface area contributed by atoms with Crippen molar-refractivity contribution in [3.05, 3.63) is 66.0 Å². The molecule has 0 aliphatic rings. The Labute approximate surface area is 170 Å². The van der Waals surface area contributed by atoms with Crippen molar-refractivity contribution in [2.24, 2.45) is 7.05 Å². The van der Waals surface area contributed by atoms with Gasteiger partial charge in [0.15, 0.2) is 0 Å². The second-order valence-corrected chi connectivity index (χ2v) is 7.26. The van der Waals surface area contributed by atoms with Gasteiger partial charge in [-0.2, -0.15) is 16.9 Å². The van der Waals surface area contributed by atoms with Crippen molar-refractivity contribution in [1.82, 2.24) is 20.4 Å². The number of nitrogens with zero attached hydrogens (tertiary/aromatic N) is 2. The summed E-state index contributed by atoms with van der Waals surface area (Å²) in [6.07, 6.45) is 3.58. The zero-order valence-electron chi connectivity index (χ0n) is 15.5. The number of fused-ring (bicyclic) bond motifs is 1. The largest absolute Gasteiger partial charge is 0.354 e. The van der Waals surface area contributed by atoms with Crippen LogP contribution in [0.15, 0.2) is 54.9 Å². The van der Waals surface area contributed by atoms with E-state index in [2.05, 4.69) is 58.2 Å². The van der Waals surface area contributed by atoms with Crippen LogP contribution in [0.1, 0.15) is 17.2 Å². The van der Waals surface area contributed by atoms with Gasteiger partial charge in [-0.3, -0.25) is 9.48 Å². The van der Waals surface area contributed by atoms with E-state index in [-0.39, 0.29) is 24.4 Å². The van der Waals surface area contributed by atoms with E-state index in [1.807, 2.05) is 25.0 Å². The minimum Gasteiger partial charge on any atom is -0.354 e. The molecule has 0 radical (unpaired) electrons. The summed E-state index contributed by atoms with van der Waals surface area (Å²) >= 11 is 1.83. The Morgan fingerprint density at radius 1 is 1.22 bits per heavy atom. The van der Waals surface area contributed by atoms with Gasteiger partial charge in [0.1, 0.15) is 6.04 Å². The molecule has 0 saturated heterocycles. The zero-order chi connectivity index (χ0) is 18.4. The van der Waals surface area contributed by atoms with Gasteiger partial charge in [-0.1, -0.05) is 42.5 Å². The first-order valence-corrected chi connectivity index (χ1v) is 9.82. The third kappa shape index (κ3) is 5.48. The highest BCUT2D eigenvalue weighted by atomic mass is 35.5. The number of likely N-dealkylation sites (N-methyl/N-ethyl adjacent to an activating group) is 1. The first-order chi connectivity index (χ1) is 12.7. The molecular formula is C20H25ClN4OS. The number of thioether (sulfide) groups is 1. The van der Waals surface area contributed by atoms with Gasteiger partial charge >= 0.3 is 0 Å². The highest BCUT2D eigenvalue weighted by Gasteiger charge is 2.19. The predicted molar refractivity (Wildman–Crippen MR) is 115 cm³/mol. The van der Waals surface area contributed by atoms with Gasteiger partial charge in [0.25, 0.3) is 0 Å². The highest BCUT2D eigenvalue weighted by Crippen LogP contribution is 2.22. The van der Waals surface area contributed by atoms with Crippen LogP contribution >= 0.6 is 24.2 Å². The first kappa shape index (κ1) is 21.3. The normalized spacial score (nSPS) is 11.8. The maximum absolute atomic E-state index is 12.4. The van der Waals surface area contributed by atoms with Crippen molar-refractivity contribution < 1.29 is 4.79 Å². The minimum absolute atomic E-state index is 0. The van der Waals surface area contributed by atoms with Gasteiger partial charge in [0, 0.05) is 36.9 Å². The van der Waals surface area contributed by atoms with Crippen LogP contribution in [0.2, 0.25) is 0 Å². The number of rotatable bonds is 8. The quantitative estimate of drug-likeness (QED) is 0.565. The molecule has 0 aliphatic heterocycles. The molecule has 7 heteroatoms. The lowest BCUT2D eigenvalue weighted by Crippen LogP contribution is -2.36. The van der Waals surface area contributed by atoms with E-state index in [9.17, 15) is 4.79 Å². The molecule has 144 valence electrons. The average Bonchev–Trinajstić information content (AvgIpc) is 3.08. The number of hydrogen-bond acceptors (Lipinski definition) is 4. The molecule has 0 bridgehead atoms. The van der Waals surface area contributed by atoms with E-state index in [0.29, 0.717) is 6.54 Å². The summed E-state index contributed by atoms with van der Waals surface area (Å²) in [6, 6.07) is 14.5. The topological polar surface area (TPSA) is 59.0 Å². The Hall–Kier alpha value is -2.02. The number of nitrogens with one attached hydrogen (secondary N) is 2. The highest BCUT2D eigenvalue weighted by molar-refractivity contribution is 7.98. The smallest absolute Gasteiger partial charge is 0.241 e. The second kappa shape index (κ2) is 10.3. The summed E-state index contributed by atoms with van der Waals surface area (Å²) in [7, 11) is 3.63. The monoisotopic (exact) mass is 404 g/mol. The number of carbonyl (C=O) groups is 1. The summed E-state index contributed by atoms with van der Waals surface area (Å²) in [5, 5.41) is 12.8. The number of carbonyl (C=O) groups excluding carboxylic acids is 1. The summed E-state index contributed by atoms with van der Waals surface area (Å²) in [5.74, 6) is 1.79. The van der Waals surface area contributed by atoms with E-state index in [0.717, 1.165) is 17.1 Å². The molecule has 1 atom stereocenters. The van der Waals surface area contributed by atoms with E-state index >= 15 is 0 Å². The third-order valence-corrected chi connectivity index (χ3v) is 5.30. The molecular weight excluding hydrogens is 380 g/mol. The van der Waals surface area contributed by atoms with E-state index in [1.165, 1.54) is 16.3 Å². The molecule has 1 amide bonds. The molecule has 2 N–H and O–H groups in total. The van der Waals surface area contributed by atoms with Gasteiger partial charge in [-0.25, -0.2) is 0 Å². The molecule has 1 heterocycles. The molecule has 5 nitrogen and oxygen atoms in total. The lowest BCUT2D eigenvalue weighted by Gasteiger charge is -2.14. The Kier molecular flexibility index (Phi) is 8.16. The standard InChI is InChI=1S/C20H24N4OS.ClH/c1-21-19(17-12-23-24(2)13-17)20(25)22-10-11-26-14-16-8-5-7-15-6-3-4-9-18(15)16;/h3-9,12-13,19,21H,10-11,14H2,1-2H3,(H,22,25);1H. The number of aromatic nitrogens is 2. The van der Waals surface area contributed by atoms with Crippen LogP contribution in [0.25, 0.3) is 10.8 Å². The molecule has 0 spiro atoms. The maximum Gasteiger partial charge on any atom is 0.241 e. The molecule has 2 aromatic carbocycles. The van der Waals surface area contributed by atoms with Crippen LogP contribution in [-0.4, -0.2) is 35.0 Å². The number of benzene rings is 2. The van der Waals surface area contributed by atoms with Gasteiger partial charge in [0.05, 0.1) is 6.20 Å². The summed E-state index contributed by atoms with van der Waals surface area (Å²) in [6.45, 7) is 0.646. The van der Waals surface area contributed by atoms with Crippen molar-refractivity contribution in [3.63, 3.8) is 0 Å². The van der Waals surface area contributed by atoms with Gasteiger partial charge in [-0.05, 0) is 23.4 Å². The first-order valence-electron chi connectivity index (χ1n) is 8.67. The van der Waals surface area contributed by atoms with Crippen molar-refractivity contribution >= 4 is 40.8 Å². The van der Waals surface area contributed by atoms with E-state index < -0.39 is 0 Å². The SMILES string of the molecule is CNC(C(=O)NCCSCc1cccc2ccccc12)c1cnn(C)c1.Cl. The van der Waals surface area contributed by atoms with Gasteiger partial charge in [-0.15, -0.1) is 12.4 Å². The van der Waals surface area contributed by atoms with E-state index in [1.54, 1.807) is 17.9 Å². The Balaban J connectivity index is 0.00000261. The van der Waals surface area contributed by atoms with Crippen LogP contribution in [0, 0.1) is 0 Å². The molecule has 0 fully saturated rings. The van der Waals surface area contributed by atoms with Gasteiger partial charge in [0.2, 0.25) is 5.91 Å². The lowest BCUT2D eigenvalue weighted by molar-refractivity contribution is -0.123. The number of hydrogen-bond donors (Lipinski definition) is 2. The van der Waals surface area contributed by atoms with Crippen molar-refractivity contribution in [2.45, 2.75) is 11.8 Å². The molecule has 1 unspecified atom stereocenters. The van der Waals surface area contributed by atoms with Crippen LogP contribution in [-0.2, 0) is 17.6 Å². The van der Waals surface area contributed by atoms with Crippen molar-refractivity contribution in [3.8, 4) is 0 Å². The maximum atomic E-state index is 12.4. The Morgan fingerprint density at radius 2 is 2.00 bits per heavy atom. The van der Waals surface area contributed by atoms with Crippen LogP contribution in [0.5, 0.6) is 0 Å². The van der Waals surface area contributed by atoms with Crippen LogP contribution in [0.4, 0.5) is 0 Å². The number of halogens is 1. The Morgan fingerprint density at radius 3 is 2.74 bits per heavy atom. The molecule has 3 rings (SSSR count). The van der Waals surface area contributed by atoms with Crippen molar-refractivity contribution in [2.75, 3.05) is 19.3 Å².